The summed E-state index contributed by atoms with van der Waals surface area (Å²) in [6, 6.07) is 0. The van der Waals surface area contributed by atoms with Crippen LogP contribution in [0.1, 0.15) is 46.5 Å². The van der Waals surface area contributed by atoms with E-state index in [1.165, 1.54) is 32.2 Å². The molecule has 1 heterocycles. The molecule has 1 rings (SSSR count). The molecule has 0 aromatic rings. The summed E-state index contributed by atoms with van der Waals surface area (Å²) in [4.78, 5) is 2.41. The lowest BCUT2D eigenvalue weighted by molar-refractivity contribution is 0.0584. The van der Waals surface area contributed by atoms with E-state index in [0.29, 0.717) is 11.6 Å². The van der Waals surface area contributed by atoms with Crippen LogP contribution < -0.4 is 5.32 Å². The van der Waals surface area contributed by atoms with Gasteiger partial charge < -0.3 is 15.0 Å². The van der Waals surface area contributed by atoms with Gasteiger partial charge in [-0.25, -0.2) is 0 Å². The smallest absolute Gasteiger partial charge is 0.0596 e. The molecule has 102 valence electrons. The van der Waals surface area contributed by atoms with Crippen LogP contribution in [0.3, 0.4) is 0 Å². The topological polar surface area (TPSA) is 24.5 Å². The third kappa shape index (κ3) is 5.36. The van der Waals surface area contributed by atoms with Crippen LogP contribution >= 0.6 is 0 Å². The van der Waals surface area contributed by atoms with Gasteiger partial charge in [-0.1, -0.05) is 13.3 Å². The van der Waals surface area contributed by atoms with Gasteiger partial charge >= 0.3 is 0 Å². The first-order chi connectivity index (χ1) is 8.08. The van der Waals surface area contributed by atoms with Crippen LogP contribution in [0.2, 0.25) is 0 Å². The van der Waals surface area contributed by atoms with Crippen molar-refractivity contribution >= 4 is 0 Å². The Bertz CT molecular complexity index is 200. The Morgan fingerprint density at radius 2 is 2.18 bits per heavy atom. The molecule has 0 aliphatic carbocycles. The molecule has 0 aromatic heterocycles. The summed E-state index contributed by atoms with van der Waals surface area (Å²) in [6.07, 6.45) is 5.57. The molecule has 0 radical (unpaired) electrons. The molecule has 0 amide bonds. The Balaban J connectivity index is 2.29. The van der Waals surface area contributed by atoms with E-state index < -0.39 is 0 Å². The van der Waals surface area contributed by atoms with Crippen LogP contribution in [-0.2, 0) is 4.74 Å². The average Bonchev–Trinajstić information content (AvgIpc) is 2.66. The largest absolute Gasteiger partial charge is 0.377 e. The van der Waals surface area contributed by atoms with E-state index in [0.717, 1.165) is 19.7 Å². The summed E-state index contributed by atoms with van der Waals surface area (Å²) in [5.74, 6) is 0. The van der Waals surface area contributed by atoms with Gasteiger partial charge in [-0.3, -0.25) is 0 Å². The van der Waals surface area contributed by atoms with Crippen LogP contribution in [0.4, 0.5) is 0 Å². The molecular formula is C14H30N2O. The van der Waals surface area contributed by atoms with Crippen LogP contribution in [-0.4, -0.2) is 49.8 Å². The van der Waals surface area contributed by atoms with Crippen molar-refractivity contribution in [2.45, 2.75) is 58.1 Å². The summed E-state index contributed by atoms with van der Waals surface area (Å²) < 4.78 is 5.61. The van der Waals surface area contributed by atoms with Gasteiger partial charge in [-0.2, -0.15) is 0 Å². The summed E-state index contributed by atoms with van der Waals surface area (Å²) in [7, 11) is 2.21. The monoisotopic (exact) mass is 242 g/mol. The third-order valence-corrected chi connectivity index (χ3v) is 3.56. The number of rotatable bonds is 8. The summed E-state index contributed by atoms with van der Waals surface area (Å²) >= 11 is 0. The van der Waals surface area contributed by atoms with Crippen molar-refractivity contribution in [1.29, 1.82) is 0 Å². The minimum absolute atomic E-state index is 0.345. The molecule has 1 saturated heterocycles. The first-order valence-electron chi connectivity index (χ1n) is 7.13. The maximum absolute atomic E-state index is 5.61. The molecule has 0 bridgehead atoms. The van der Waals surface area contributed by atoms with E-state index in [4.69, 9.17) is 4.74 Å². The Morgan fingerprint density at radius 3 is 2.71 bits per heavy atom. The molecular weight excluding hydrogens is 212 g/mol. The lowest BCUT2D eigenvalue weighted by atomic mass is 9.91. The van der Waals surface area contributed by atoms with E-state index in [9.17, 15) is 0 Å². The highest BCUT2D eigenvalue weighted by Gasteiger charge is 2.33. The predicted molar refractivity (Wildman–Crippen MR) is 73.5 cm³/mol. The Labute approximate surface area is 107 Å². The standard InChI is InChI=1S/C14H30N2O/c1-5-7-14(8-6-9-15-14)12-16(4)10-11-17-13(2)3/h13,15H,5-12H2,1-4H3. The second-order valence-electron chi connectivity index (χ2n) is 5.72. The number of likely N-dealkylation sites (N-methyl/N-ethyl adjacent to an activating group) is 1. The zero-order valence-corrected chi connectivity index (χ0v) is 12.1. The molecule has 1 aliphatic rings. The van der Waals surface area contributed by atoms with E-state index in [1.807, 2.05) is 0 Å². The highest BCUT2D eigenvalue weighted by atomic mass is 16.5. The van der Waals surface area contributed by atoms with Crippen molar-refractivity contribution in [3.63, 3.8) is 0 Å². The lowest BCUT2D eigenvalue weighted by Gasteiger charge is -2.34. The normalized spacial score (nSPS) is 25.1. The van der Waals surface area contributed by atoms with Gasteiger partial charge in [0, 0.05) is 18.6 Å². The molecule has 0 saturated carbocycles. The number of hydrogen-bond acceptors (Lipinski definition) is 3. The third-order valence-electron chi connectivity index (χ3n) is 3.56. The molecule has 0 spiro atoms. The molecule has 3 heteroatoms. The van der Waals surface area contributed by atoms with Crippen LogP contribution in [0.15, 0.2) is 0 Å². The average molecular weight is 242 g/mol. The van der Waals surface area contributed by atoms with Crippen molar-refractivity contribution in [2.24, 2.45) is 0 Å². The Morgan fingerprint density at radius 1 is 1.41 bits per heavy atom. The molecule has 1 aliphatic heterocycles. The molecule has 17 heavy (non-hydrogen) atoms. The number of ether oxygens (including phenoxy) is 1. The Kier molecular flexibility index (Phi) is 6.45. The van der Waals surface area contributed by atoms with Gasteiger partial charge in [0.2, 0.25) is 0 Å². The summed E-state index contributed by atoms with van der Waals surface area (Å²) in [6.45, 7) is 10.7. The van der Waals surface area contributed by atoms with Crippen molar-refractivity contribution in [3.05, 3.63) is 0 Å². The second-order valence-corrected chi connectivity index (χ2v) is 5.72. The maximum Gasteiger partial charge on any atom is 0.0596 e. The van der Waals surface area contributed by atoms with E-state index in [-0.39, 0.29) is 0 Å². The quantitative estimate of drug-likeness (QED) is 0.706. The van der Waals surface area contributed by atoms with Gasteiger partial charge in [0.1, 0.15) is 0 Å². The van der Waals surface area contributed by atoms with Gasteiger partial charge in [0.25, 0.3) is 0 Å². The second kappa shape index (κ2) is 7.34. The predicted octanol–water partition coefficient (Wildman–Crippen LogP) is 2.27. The minimum atomic E-state index is 0.345. The number of nitrogens with zero attached hydrogens (tertiary/aromatic N) is 1. The van der Waals surface area contributed by atoms with Crippen molar-refractivity contribution in [2.75, 3.05) is 33.3 Å². The van der Waals surface area contributed by atoms with Gasteiger partial charge in [-0.05, 0) is 46.7 Å². The zero-order chi connectivity index (χ0) is 12.7. The fraction of sp³-hybridized carbons (Fsp3) is 1.00. The van der Waals surface area contributed by atoms with Crippen LogP contribution in [0, 0.1) is 0 Å². The molecule has 1 N–H and O–H groups in total. The van der Waals surface area contributed by atoms with E-state index in [2.05, 4.69) is 38.0 Å². The number of hydrogen-bond donors (Lipinski definition) is 1. The highest BCUT2D eigenvalue weighted by molar-refractivity contribution is 4.94. The molecule has 1 unspecified atom stereocenters. The number of nitrogens with one attached hydrogen (secondary N) is 1. The van der Waals surface area contributed by atoms with Crippen molar-refractivity contribution in [1.82, 2.24) is 10.2 Å². The van der Waals surface area contributed by atoms with Crippen molar-refractivity contribution in [3.8, 4) is 0 Å². The van der Waals surface area contributed by atoms with E-state index in [1.54, 1.807) is 0 Å². The van der Waals surface area contributed by atoms with E-state index >= 15 is 0 Å². The Hall–Kier alpha value is -0.120. The first-order valence-corrected chi connectivity index (χ1v) is 7.13. The summed E-state index contributed by atoms with van der Waals surface area (Å²) in [5, 5.41) is 3.72. The first kappa shape index (κ1) is 14.9. The maximum atomic E-state index is 5.61. The molecule has 3 nitrogen and oxygen atoms in total. The molecule has 0 aromatic carbocycles. The summed E-state index contributed by atoms with van der Waals surface area (Å²) in [5.41, 5.74) is 0.376. The van der Waals surface area contributed by atoms with Gasteiger partial charge in [0.05, 0.1) is 12.7 Å². The SMILES string of the molecule is CCCC1(CN(C)CCOC(C)C)CCCN1. The van der Waals surface area contributed by atoms with Gasteiger partial charge in [-0.15, -0.1) is 0 Å². The fourth-order valence-electron chi connectivity index (χ4n) is 2.81. The molecule has 1 atom stereocenters. The lowest BCUT2D eigenvalue weighted by Crippen LogP contribution is -2.49. The minimum Gasteiger partial charge on any atom is -0.377 e. The van der Waals surface area contributed by atoms with Crippen LogP contribution in [0.5, 0.6) is 0 Å². The van der Waals surface area contributed by atoms with Gasteiger partial charge in [0.15, 0.2) is 0 Å². The fourth-order valence-corrected chi connectivity index (χ4v) is 2.81. The van der Waals surface area contributed by atoms with Crippen LogP contribution in [0.25, 0.3) is 0 Å². The molecule has 1 fully saturated rings. The zero-order valence-electron chi connectivity index (χ0n) is 12.1. The van der Waals surface area contributed by atoms with Crippen molar-refractivity contribution < 1.29 is 4.74 Å². The highest BCUT2D eigenvalue weighted by Crippen LogP contribution is 2.25.